The molecule has 0 bridgehead atoms. The molecule has 1 aromatic carbocycles. The molecule has 1 N–H and O–H groups in total. The number of carbonyl (C=O) groups excluding carboxylic acids is 1. The van der Waals surface area contributed by atoms with Crippen LogP contribution in [0.25, 0.3) is 0 Å². The Balaban J connectivity index is 1.97. The molecule has 1 amide bonds. The molecule has 1 atom stereocenters. The Morgan fingerprint density at radius 2 is 2.33 bits per heavy atom. The zero-order chi connectivity index (χ0) is 13.1. The molecule has 1 unspecified atom stereocenters. The topological polar surface area (TPSA) is 32.3 Å². The Morgan fingerprint density at radius 1 is 1.56 bits per heavy atom. The molecule has 98 valence electrons. The number of hydrogen-bond acceptors (Lipinski definition) is 2. The number of hydrogen-bond donors (Lipinski definition) is 1. The van der Waals surface area contributed by atoms with E-state index in [0.29, 0.717) is 18.2 Å². The molecule has 1 aliphatic heterocycles. The third kappa shape index (κ3) is 2.70. The average Bonchev–Trinajstić information content (AvgIpc) is 2.75. The molecule has 4 heteroatoms. The number of aryl methyl sites for hydroxylation is 1. The largest absolute Gasteiger partial charge is 0.350 e. The number of halogens is 1. The van der Waals surface area contributed by atoms with Crippen molar-refractivity contribution in [2.45, 2.75) is 25.8 Å². The summed E-state index contributed by atoms with van der Waals surface area (Å²) >= 11 is 0. The first-order valence-electron chi connectivity index (χ1n) is 6.33. The second kappa shape index (κ2) is 5.48. The molecular weight excluding hydrogens is 231 g/mol. The normalized spacial score (nSPS) is 20.1. The lowest BCUT2D eigenvalue weighted by Gasteiger charge is -2.19. The van der Waals surface area contributed by atoms with Gasteiger partial charge in [0.25, 0.3) is 5.91 Å². The van der Waals surface area contributed by atoms with Gasteiger partial charge in [0.1, 0.15) is 5.82 Å². The molecule has 1 fully saturated rings. The van der Waals surface area contributed by atoms with Crippen molar-refractivity contribution in [3.05, 3.63) is 35.1 Å². The van der Waals surface area contributed by atoms with E-state index in [1.54, 1.807) is 19.1 Å². The molecular formula is C14H19FN2O. The van der Waals surface area contributed by atoms with E-state index < -0.39 is 5.82 Å². The highest BCUT2D eigenvalue weighted by molar-refractivity contribution is 5.94. The molecule has 0 saturated carbocycles. The summed E-state index contributed by atoms with van der Waals surface area (Å²) in [6, 6.07) is 5.27. The highest BCUT2D eigenvalue weighted by Gasteiger charge is 2.22. The third-order valence-corrected chi connectivity index (χ3v) is 3.61. The fourth-order valence-corrected chi connectivity index (χ4v) is 2.37. The van der Waals surface area contributed by atoms with Crippen LogP contribution in [0.2, 0.25) is 0 Å². The van der Waals surface area contributed by atoms with E-state index >= 15 is 0 Å². The minimum absolute atomic E-state index is 0.135. The fraction of sp³-hybridized carbons (Fsp3) is 0.500. The smallest absolute Gasteiger partial charge is 0.254 e. The lowest BCUT2D eigenvalue weighted by Crippen LogP contribution is -2.38. The Kier molecular flexibility index (Phi) is 3.97. The van der Waals surface area contributed by atoms with E-state index in [-0.39, 0.29) is 11.5 Å². The highest BCUT2D eigenvalue weighted by atomic mass is 19.1. The molecule has 0 spiro atoms. The van der Waals surface area contributed by atoms with E-state index in [1.807, 2.05) is 0 Å². The highest BCUT2D eigenvalue weighted by Crippen LogP contribution is 2.15. The Morgan fingerprint density at radius 3 is 3.00 bits per heavy atom. The summed E-state index contributed by atoms with van der Waals surface area (Å²) in [5, 5.41) is 2.82. The lowest BCUT2D eigenvalue weighted by molar-refractivity contribution is 0.0939. The van der Waals surface area contributed by atoms with Crippen LogP contribution in [0.5, 0.6) is 0 Å². The molecule has 0 radical (unpaired) electrons. The Bertz CT molecular complexity index is 447. The number of nitrogens with one attached hydrogen (secondary N) is 1. The molecule has 1 aromatic rings. The zero-order valence-electron chi connectivity index (χ0n) is 10.9. The number of amides is 1. The van der Waals surface area contributed by atoms with Gasteiger partial charge in [0.05, 0.1) is 5.56 Å². The fourth-order valence-electron chi connectivity index (χ4n) is 2.37. The molecule has 0 aliphatic carbocycles. The van der Waals surface area contributed by atoms with Gasteiger partial charge in [-0.2, -0.15) is 0 Å². The van der Waals surface area contributed by atoms with Crippen LogP contribution in [-0.2, 0) is 0 Å². The van der Waals surface area contributed by atoms with Crippen molar-refractivity contribution in [2.24, 2.45) is 0 Å². The lowest BCUT2D eigenvalue weighted by atomic mass is 10.1. The van der Waals surface area contributed by atoms with Crippen molar-refractivity contribution in [2.75, 3.05) is 20.1 Å². The van der Waals surface area contributed by atoms with Gasteiger partial charge in [0.15, 0.2) is 0 Å². The van der Waals surface area contributed by atoms with E-state index in [2.05, 4.69) is 17.3 Å². The SMILES string of the molecule is Cc1cccc(C(=O)NCC2CCCN2C)c1F. The van der Waals surface area contributed by atoms with Crippen molar-refractivity contribution >= 4 is 5.91 Å². The molecule has 1 aliphatic rings. The number of benzene rings is 1. The summed E-state index contributed by atoms with van der Waals surface area (Å²) in [4.78, 5) is 14.1. The number of carbonyl (C=O) groups is 1. The molecule has 0 aromatic heterocycles. The first-order valence-corrected chi connectivity index (χ1v) is 6.33. The summed E-state index contributed by atoms with van der Waals surface area (Å²) in [6.07, 6.45) is 2.25. The van der Waals surface area contributed by atoms with Crippen molar-refractivity contribution in [3.63, 3.8) is 0 Å². The maximum Gasteiger partial charge on any atom is 0.254 e. The predicted molar refractivity (Wildman–Crippen MR) is 69.1 cm³/mol. The quantitative estimate of drug-likeness (QED) is 0.889. The number of likely N-dealkylation sites (tertiary alicyclic amines) is 1. The standard InChI is InChI=1S/C14H19FN2O/c1-10-5-3-7-12(13(10)15)14(18)16-9-11-6-4-8-17(11)2/h3,5,7,11H,4,6,8-9H2,1-2H3,(H,16,18). The average molecular weight is 250 g/mol. The van der Waals surface area contributed by atoms with Crippen LogP contribution in [0.15, 0.2) is 18.2 Å². The predicted octanol–water partition coefficient (Wildman–Crippen LogP) is 1.96. The first kappa shape index (κ1) is 13.0. The summed E-state index contributed by atoms with van der Waals surface area (Å²) in [5.41, 5.74) is 0.635. The van der Waals surface area contributed by atoms with E-state index in [4.69, 9.17) is 0 Å². The van der Waals surface area contributed by atoms with Gasteiger partial charge in [-0.25, -0.2) is 4.39 Å². The number of likely N-dealkylation sites (N-methyl/N-ethyl adjacent to an activating group) is 1. The van der Waals surface area contributed by atoms with Crippen LogP contribution in [0.1, 0.15) is 28.8 Å². The molecule has 1 saturated heterocycles. The van der Waals surface area contributed by atoms with Crippen molar-refractivity contribution in [1.29, 1.82) is 0 Å². The molecule has 18 heavy (non-hydrogen) atoms. The van der Waals surface area contributed by atoms with Crippen LogP contribution in [0.3, 0.4) is 0 Å². The monoisotopic (exact) mass is 250 g/mol. The van der Waals surface area contributed by atoms with Gasteiger partial charge in [-0.1, -0.05) is 12.1 Å². The van der Waals surface area contributed by atoms with Crippen LogP contribution in [-0.4, -0.2) is 37.0 Å². The van der Waals surface area contributed by atoms with E-state index in [9.17, 15) is 9.18 Å². The van der Waals surface area contributed by atoms with Crippen molar-refractivity contribution < 1.29 is 9.18 Å². The van der Waals surface area contributed by atoms with Gasteiger partial charge in [-0.15, -0.1) is 0 Å². The van der Waals surface area contributed by atoms with Gasteiger partial charge in [-0.3, -0.25) is 4.79 Å². The second-order valence-corrected chi connectivity index (χ2v) is 4.92. The maximum absolute atomic E-state index is 13.8. The number of nitrogens with zero attached hydrogens (tertiary/aromatic N) is 1. The molecule has 2 rings (SSSR count). The zero-order valence-corrected chi connectivity index (χ0v) is 10.9. The molecule has 1 heterocycles. The summed E-state index contributed by atoms with van der Waals surface area (Å²) in [5.74, 6) is -0.744. The molecule has 3 nitrogen and oxygen atoms in total. The Labute approximate surface area is 107 Å². The van der Waals surface area contributed by atoms with E-state index in [1.165, 1.54) is 6.07 Å². The summed E-state index contributed by atoms with van der Waals surface area (Å²) in [6.45, 7) is 3.32. The van der Waals surface area contributed by atoms with Crippen molar-refractivity contribution in [1.82, 2.24) is 10.2 Å². The summed E-state index contributed by atoms with van der Waals surface area (Å²) in [7, 11) is 2.05. The van der Waals surface area contributed by atoms with Gasteiger partial charge < -0.3 is 10.2 Å². The number of rotatable bonds is 3. The van der Waals surface area contributed by atoms with Crippen molar-refractivity contribution in [3.8, 4) is 0 Å². The summed E-state index contributed by atoms with van der Waals surface area (Å²) < 4.78 is 13.8. The minimum atomic E-state index is -0.422. The maximum atomic E-state index is 13.8. The van der Waals surface area contributed by atoms with Crippen LogP contribution in [0, 0.1) is 12.7 Å². The van der Waals surface area contributed by atoms with Crippen LogP contribution < -0.4 is 5.32 Å². The minimum Gasteiger partial charge on any atom is -0.350 e. The Hall–Kier alpha value is -1.42. The van der Waals surface area contributed by atoms with Crippen LogP contribution in [0.4, 0.5) is 4.39 Å². The second-order valence-electron chi connectivity index (χ2n) is 4.92. The van der Waals surface area contributed by atoms with E-state index in [0.717, 1.165) is 19.4 Å². The first-order chi connectivity index (χ1) is 8.59. The van der Waals surface area contributed by atoms with Crippen LogP contribution >= 0.6 is 0 Å². The van der Waals surface area contributed by atoms with Gasteiger partial charge >= 0.3 is 0 Å². The van der Waals surface area contributed by atoms with Gasteiger partial charge in [0, 0.05) is 12.6 Å². The van der Waals surface area contributed by atoms with Gasteiger partial charge in [0.2, 0.25) is 0 Å². The third-order valence-electron chi connectivity index (χ3n) is 3.61. The van der Waals surface area contributed by atoms with Gasteiger partial charge in [-0.05, 0) is 45.0 Å².